The highest BCUT2D eigenvalue weighted by atomic mass is 19.1. The van der Waals surface area contributed by atoms with E-state index in [1.165, 1.54) is 19.9 Å². The summed E-state index contributed by atoms with van der Waals surface area (Å²) in [5.41, 5.74) is -2.18. The Morgan fingerprint density at radius 3 is 2.25 bits per heavy atom. The number of aliphatic imine (C=N–C) groups is 1. The van der Waals surface area contributed by atoms with Crippen LogP contribution in [-0.4, -0.2) is 17.3 Å². The Morgan fingerprint density at radius 1 is 1.42 bits per heavy atom. The van der Waals surface area contributed by atoms with Gasteiger partial charge in [0, 0.05) is 0 Å². The van der Waals surface area contributed by atoms with Crippen molar-refractivity contribution in [1.82, 2.24) is 0 Å². The van der Waals surface area contributed by atoms with Crippen molar-refractivity contribution >= 4 is 6.08 Å². The van der Waals surface area contributed by atoms with Crippen LogP contribution in [0.4, 0.5) is 4.39 Å². The molecule has 12 heavy (non-hydrogen) atoms. The van der Waals surface area contributed by atoms with E-state index in [-0.39, 0.29) is 0 Å². The van der Waals surface area contributed by atoms with E-state index in [1.807, 2.05) is 0 Å². The van der Waals surface area contributed by atoms with Crippen molar-refractivity contribution in [1.29, 1.82) is 0 Å². The molecule has 0 heterocycles. The molecule has 3 heteroatoms. The molecule has 1 aliphatic carbocycles. The van der Waals surface area contributed by atoms with Crippen molar-refractivity contribution in [3.63, 3.8) is 0 Å². The molecule has 1 saturated carbocycles. The Morgan fingerprint density at radius 2 is 1.92 bits per heavy atom. The highest BCUT2D eigenvalue weighted by Crippen LogP contribution is 2.43. The van der Waals surface area contributed by atoms with Crippen LogP contribution in [0.3, 0.4) is 0 Å². The third-order valence-electron chi connectivity index (χ3n) is 2.80. The maximum Gasteiger partial charge on any atom is 0.235 e. The van der Waals surface area contributed by atoms with Crippen LogP contribution < -0.4 is 0 Å². The van der Waals surface area contributed by atoms with E-state index in [1.54, 1.807) is 0 Å². The molecule has 2 nitrogen and oxygen atoms in total. The lowest BCUT2D eigenvalue weighted by Crippen LogP contribution is -2.42. The second-order valence-corrected chi connectivity index (χ2v) is 3.91. The van der Waals surface area contributed by atoms with Crippen LogP contribution in [0.2, 0.25) is 0 Å². The Labute approximate surface area is 71.9 Å². The van der Waals surface area contributed by atoms with Gasteiger partial charge in [0.05, 0.1) is 0 Å². The van der Waals surface area contributed by atoms with E-state index >= 15 is 0 Å². The fourth-order valence-corrected chi connectivity index (χ4v) is 1.89. The Bertz CT molecular complexity index is 207. The largest absolute Gasteiger partial charge is 0.242 e. The van der Waals surface area contributed by atoms with Gasteiger partial charge in [0.2, 0.25) is 6.08 Å². The van der Waals surface area contributed by atoms with E-state index in [9.17, 15) is 9.18 Å². The molecule has 0 aromatic carbocycles. The third-order valence-corrected chi connectivity index (χ3v) is 2.80. The summed E-state index contributed by atoms with van der Waals surface area (Å²) < 4.78 is 13.7. The molecule has 0 aliphatic heterocycles. The lowest BCUT2D eigenvalue weighted by atomic mass is 9.83. The molecule has 1 fully saturated rings. The van der Waals surface area contributed by atoms with Crippen molar-refractivity contribution < 1.29 is 9.18 Å². The third kappa shape index (κ3) is 1.42. The predicted molar refractivity (Wildman–Crippen MR) is 44.5 cm³/mol. The van der Waals surface area contributed by atoms with Gasteiger partial charge in [-0.05, 0) is 26.7 Å². The van der Waals surface area contributed by atoms with Crippen LogP contribution in [0.25, 0.3) is 0 Å². The first kappa shape index (κ1) is 9.40. The first-order valence-corrected chi connectivity index (χ1v) is 4.30. The van der Waals surface area contributed by atoms with E-state index in [4.69, 9.17) is 0 Å². The molecule has 0 aromatic rings. The minimum absolute atomic E-state index is 0.672. The highest BCUT2D eigenvalue weighted by molar-refractivity contribution is 5.36. The molecule has 0 aromatic heterocycles. The van der Waals surface area contributed by atoms with Gasteiger partial charge in [-0.2, -0.15) is 4.99 Å². The van der Waals surface area contributed by atoms with E-state index < -0.39 is 11.2 Å². The lowest BCUT2D eigenvalue weighted by Gasteiger charge is -2.32. The van der Waals surface area contributed by atoms with Crippen molar-refractivity contribution in [3.05, 3.63) is 0 Å². The molecule has 0 amide bonds. The number of hydrogen-bond acceptors (Lipinski definition) is 2. The van der Waals surface area contributed by atoms with Gasteiger partial charge >= 0.3 is 0 Å². The predicted octanol–water partition coefficient (Wildman–Crippen LogP) is 2.38. The summed E-state index contributed by atoms with van der Waals surface area (Å²) in [5.74, 6) is 0. The van der Waals surface area contributed by atoms with Crippen LogP contribution >= 0.6 is 0 Å². The van der Waals surface area contributed by atoms with E-state index in [0.717, 1.165) is 12.8 Å². The van der Waals surface area contributed by atoms with Gasteiger partial charge in [-0.25, -0.2) is 9.18 Å². The maximum absolute atomic E-state index is 13.7. The van der Waals surface area contributed by atoms with E-state index in [0.29, 0.717) is 12.8 Å². The zero-order valence-electron chi connectivity index (χ0n) is 7.56. The molecule has 1 aliphatic rings. The maximum atomic E-state index is 13.7. The fraction of sp³-hybridized carbons (Fsp3) is 0.889. The van der Waals surface area contributed by atoms with Gasteiger partial charge in [-0.15, -0.1) is 0 Å². The minimum atomic E-state index is -1.40. The standard InChI is InChI=1S/C9H14FNO/c1-8(2,10)9(11-7-12)5-3-4-6-9/h3-6H2,1-2H3. The normalized spacial score (nSPS) is 21.9. The Hall–Kier alpha value is -0.690. The average molecular weight is 171 g/mol. The summed E-state index contributed by atoms with van der Waals surface area (Å²) in [7, 11) is 0. The molecule has 1 rings (SSSR count). The summed E-state index contributed by atoms with van der Waals surface area (Å²) >= 11 is 0. The molecule has 0 unspecified atom stereocenters. The van der Waals surface area contributed by atoms with Gasteiger partial charge in [0.25, 0.3) is 0 Å². The number of rotatable bonds is 2. The molecular weight excluding hydrogens is 157 g/mol. The van der Waals surface area contributed by atoms with Crippen LogP contribution in [0.5, 0.6) is 0 Å². The summed E-state index contributed by atoms with van der Waals surface area (Å²) in [6.07, 6.45) is 4.75. The van der Waals surface area contributed by atoms with Crippen LogP contribution in [0.1, 0.15) is 39.5 Å². The molecular formula is C9H14FNO. The summed E-state index contributed by atoms with van der Waals surface area (Å²) in [4.78, 5) is 13.8. The molecule has 0 radical (unpaired) electrons. The van der Waals surface area contributed by atoms with Gasteiger partial charge in [-0.3, -0.25) is 0 Å². The van der Waals surface area contributed by atoms with Gasteiger partial charge in [0.1, 0.15) is 11.2 Å². The second-order valence-electron chi connectivity index (χ2n) is 3.91. The summed E-state index contributed by atoms with van der Waals surface area (Å²) in [5, 5.41) is 0. The highest BCUT2D eigenvalue weighted by Gasteiger charge is 2.47. The topological polar surface area (TPSA) is 29.4 Å². The molecule has 0 N–H and O–H groups in total. The smallest absolute Gasteiger partial charge is 0.235 e. The molecule has 0 bridgehead atoms. The summed E-state index contributed by atoms with van der Waals surface area (Å²) in [6.45, 7) is 2.97. The van der Waals surface area contributed by atoms with E-state index in [2.05, 4.69) is 4.99 Å². The molecule has 0 saturated heterocycles. The lowest BCUT2D eigenvalue weighted by molar-refractivity contribution is 0.0993. The number of alkyl halides is 1. The SMILES string of the molecule is CC(C)(F)C1(N=C=O)CCCC1. The first-order valence-electron chi connectivity index (χ1n) is 4.30. The number of hydrogen-bond donors (Lipinski definition) is 0. The number of nitrogens with zero attached hydrogens (tertiary/aromatic N) is 1. The average Bonchev–Trinajstić information content (AvgIpc) is 2.36. The zero-order chi connectivity index (χ0) is 9.24. The van der Waals surface area contributed by atoms with Crippen molar-refractivity contribution in [2.75, 3.05) is 0 Å². The van der Waals surface area contributed by atoms with Crippen LogP contribution in [0.15, 0.2) is 4.99 Å². The van der Waals surface area contributed by atoms with Gasteiger partial charge < -0.3 is 0 Å². The van der Waals surface area contributed by atoms with Crippen molar-refractivity contribution in [2.24, 2.45) is 4.99 Å². The number of isocyanates is 1. The number of halogens is 1. The van der Waals surface area contributed by atoms with Gasteiger partial charge in [0.15, 0.2) is 0 Å². The minimum Gasteiger partial charge on any atom is -0.242 e. The van der Waals surface area contributed by atoms with Gasteiger partial charge in [-0.1, -0.05) is 12.8 Å². The van der Waals surface area contributed by atoms with Crippen molar-refractivity contribution in [2.45, 2.75) is 50.7 Å². The van der Waals surface area contributed by atoms with Crippen LogP contribution in [-0.2, 0) is 4.79 Å². The molecule has 68 valence electrons. The van der Waals surface area contributed by atoms with Crippen molar-refractivity contribution in [3.8, 4) is 0 Å². The summed E-state index contributed by atoms with van der Waals surface area (Å²) in [6, 6.07) is 0. The molecule has 0 spiro atoms. The monoisotopic (exact) mass is 171 g/mol. The Balaban J connectivity index is 2.94. The Kier molecular flexibility index (Phi) is 2.34. The fourth-order valence-electron chi connectivity index (χ4n) is 1.89. The molecule has 0 atom stereocenters. The van der Waals surface area contributed by atoms with Crippen LogP contribution in [0, 0.1) is 0 Å². The zero-order valence-corrected chi connectivity index (χ0v) is 7.56. The number of carbonyl (C=O) groups excluding carboxylic acids is 1. The first-order chi connectivity index (χ1) is 5.52. The quantitative estimate of drug-likeness (QED) is 0.463. The second kappa shape index (κ2) is 2.98.